The fourth-order valence-electron chi connectivity index (χ4n) is 5.28. The Labute approximate surface area is 254 Å². The van der Waals surface area contributed by atoms with E-state index in [4.69, 9.17) is 25.6 Å². The number of amides is 1. The Balaban J connectivity index is 1.26. The number of rotatable bonds is 8. The number of hydrogen-bond donors (Lipinski definition) is 1. The van der Waals surface area contributed by atoms with Gasteiger partial charge in [0.15, 0.2) is 5.76 Å². The van der Waals surface area contributed by atoms with E-state index in [9.17, 15) is 9.59 Å². The molecule has 1 saturated carbocycles. The van der Waals surface area contributed by atoms with Gasteiger partial charge >= 0.3 is 12.1 Å². The lowest BCUT2D eigenvalue weighted by atomic mass is 9.93. The minimum atomic E-state index is -0.661. The van der Waals surface area contributed by atoms with E-state index in [1.165, 1.54) is 7.11 Å². The van der Waals surface area contributed by atoms with Crippen LogP contribution in [0, 0.1) is 0 Å². The largest absolute Gasteiger partial charge is 0.468 e. The van der Waals surface area contributed by atoms with Crippen LogP contribution in [-0.4, -0.2) is 24.3 Å². The normalized spacial score (nSPS) is 14.0. The Kier molecular flexibility index (Phi) is 7.74. The second kappa shape index (κ2) is 11.8. The van der Waals surface area contributed by atoms with Crippen molar-refractivity contribution >= 4 is 29.4 Å². The summed E-state index contributed by atoms with van der Waals surface area (Å²) in [5, 5.41) is 7.69. The van der Waals surface area contributed by atoms with Crippen LogP contribution in [0.5, 0.6) is 0 Å². The van der Waals surface area contributed by atoms with Crippen LogP contribution in [0.3, 0.4) is 0 Å². The number of methoxy groups -OCH3 is 1. The molecule has 1 N–H and O–H groups in total. The lowest BCUT2D eigenvalue weighted by molar-refractivity contribution is -0.143. The molecule has 1 amide bonds. The average Bonchev–Trinajstić information content (AvgIpc) is 3.76. The van der Waals surface area contributed by atoms with Crippen molar-refractivity contribution in [1.82, 2.24) is 5.16 Å². The van der Waals surface area contributed by atoms with Gasteiger partial charge < -0.3 is 14.0 Å². The summed E-state index contributed by atoms with van der Waals surface area (Å²) in [4.78, 5) is 25.4. The molecular weight excluding hydrogens is 564 g/mol. The Bertz CT molecular complexity index is 1760. The van der Waals surface area contributed by atoms with E-state index >= 15 is 0 Å². The number of carbonyl (C=O) groups is 2. The van der Waals surface area contributed by atoms with Gasteiger partial charge in [-0.25, -0.2) is 4.79 Å². The second-order valence-corrected chi connectivity index (χ2v) is 10.9. The highest BCUT2D eigenvalue weighted by Crippen LogP contribution is 2.49. The first-order chi connectivity index (χ1) is 20.9. The van der Waals surface area contributed by atoms with Crippen molar-refractivity contribution in [1.29, 1.82) is 0 Å². The molecular formula is C35H29ClN2O5. The number of nitrogens with zero attached hydrogens (tertiary/aromatic N) is 1. The molecule has 0 aliphatic heterocycles. The van der Waals surface area contributed by atoms with Gasteiger partial charge in [0.05, 0.1) is 12.5 Å². The summed E-state index contributed by atoms with van der Waals surface area (Å²) >= 11 is 6.31. The molecule has 1 aromatic heterocycles. The van der Waals surface area contributed by atoms with Gasteiger partial charge in [0.2, 0.25) is 0 Å². The molecule has 6 rings (SSSR count). The van der Waals surface area contributed by atoms with Gasteiger partial charge in [-0.3, -0.25) is 10.1 Å². The zero-order chi connectivity index (χ0) is 30.0. The van der Waals surface area contributed by atoms with Gasteiger partial charge in [-0.2, -0.15) is 0 Å². The van der Waals surface area contributed by atoms with Crippen LogP contribution < -0.4 is 5.32 Å². The fraction of sp³-hybridized carbons (Fsp3) is 0.171. The molecule has 5 aromatic rings. The standard InChI is InChI=1S/C35H29ClN2O5/c1-22(28-10-6-7-11-29(28)36)42-34(40)37-31-30(25-8-4-3-5-9-25)38-43-32(31)26-14-12-23(13-15-26)24-16-18-27(19-17-24)35(20-21-35)33(39)41-2/h3-19,22H,20-21H2,1-2H3,(H,37,40)/t22-/m1/s1. The highest BCUT2D eigenvalue weighted by molar-refractivity contribution is 6.31. The number of carbonyl (C=O) groups excluding carboxylic acids is 2. The predicted octanol–water partition coefficient (Wildman–Crippen LogP) is 8.84. The molecule has 1 aliphatic rings. The summed E-state index contributed by atoms with van der Waals surface area (Å²) < 4.78 is 16.5. The maximum Gasteiger partial charge on any atom is 0.412 e. The molecule has 0 unspecified atom stereocenters. The van der Waals surface area contributed by atoms with Gasteiger partial charge in [0.1, 0.15) is 17.5 Å². The van der Waals surface area contributed by atoms with E-state index in [0.29, 0.717) is 27.7 Å². The molecule has 4 aromatic carbocycles. The Hall–Kier alpha value is -4.88. The topological polar surface area (TPSA) is 90.7 Å². The van der Waals surface area contributed by atoms with Crippen LogP contribution in [0.1, 0.15) is 37.0 Å². The first-order valence-electron chi connectivity index (χ1n) is 14.0. The third-order valence-electron chi connectivity index (χ3n) is 7.84. The molecule has 0 spiro atoms. The van der Waals surface area contributed by atoms with E-state index in [2.05, 4.69) is 10.5 Å². The fourth-order valence-corrected chi connectivity index (χ4v) is 5.57. The smallest absolute Gasteiger partial charge is 0.412 e. The summed E-state index contributed by atoms with van der Waals surface area (Å²) in [5.41, 5.74) is 5.56. The minimum Gasteiger partial charge on any atom is -0.468 e. The molecule has 0 bridgehead atoms. The highest BCUT2D eigenvalue weighted by atomic mass is 35.5. The number of benzene rings is 4. The highest BCUT2D eigenvalue weighted by Gasteiger charge is 2.52. The molecule has 1 fully saturated rings. The third kappa shape index (κ3) is 5.64. The Morgan fingerprint density at radius 3 is 2.07 bits per heavy atom. The molecule has 216 valence electrons. The monoisotopic (exact) mass is 592 g/mol. The summed E-state index contributed by atoms with van der Waals surface area (Å²) in [6.45, 7) is 1.76. The Morgan fingerprint density at radius 2 is 1.44 bits per heavy atom. The van der Waals surface area contributed by atoms with Gasteiger partial charge in [-0.05, 0) is 42.5 Å². The summed E-state index contributed by atoms with van der Waals surface area (Å²) in [6, 6.07) is 32.5. The van der Waals surface area contributed by atoms with Gasteiger partial charge in [0, 0.05) is 21.7 Å². The van der Waals surface area contributed by atoms with Crippen LogP contribution in [0.15, 0.2) is 108 Å². The van der Waals surface area contributed by atoms with Gasteiger partial charge in [-0.1, -0.05) is 114 Å². The summed E-state index contributed by atoms with van der Waals surface area (Å²) in [7, 11) is 1.43. The molecule has 0 radical (unpaired) electrons. The lowest BCUT2D eigenvalue weighted by Gasteiger charge is -2.16. The molecule has 1 aliphatic carbocycles. The zero-order valence-corrected chi connectivity index (χ0v) is 24.4. The number of anilines is 1. The van der Waals surface area contributed by atoms with Gasteiger partial charge in [0.25, 0.3) is 0 Å². The van der Waals surface area contributed by atoms with Gasteiger partial charge in [-0.15, -0.1) is 0 Å². The van der Waals surface area contributed by atoms with E-state index in [0.717, 1.165) is 40.7 Å². The van der Waals surface area contributed by atoms with E-state index < -0.39 is 17.6 Å². The van der Waals surface area contributed by atoms with E-state index in [1.54, 1.807) is 13.0 Å². The SMILES string of the molecule is COC(=O)C1(c2ccc(-c3ccc(-c4onc(-c5ccccc5)c4NC(=O)O[C@H](C)c4ccccc4Cl)cc3)cc2)CC1. The molecule has 1 heterocycles. The minimum absolute atomic E-state index is 0.182. The van der Waals surface area contributed by atoms with Crippen molar-refractivity contribution in [2.75, 3.05) is 12.4 Å². The zero-order valence-electron chi connectivity index (χ0n) is 23.7. The van der Waals surface area contributed by atoms with Crippen molar-refractivity contribution in [2.45, 2.75) is 31.3 Å². The van der Waals surface area contributed by atoms with Crippen LogP contribution in [-0.2, 0) is 19.7 Å². The number of halogens is 1. The van der Waals surface area contributed by atoms with Crippen LogP contribution in [0.2, 0.25) is 5.02 Å². The maximum atomic E-state index is 13.1. The lowest BCUT2D eigenvalue weighted by Crippen LogP contribution is -2.21. The number of hydrogen-bond acceptors (Lipinski definition) is 6. The maximum absolute atomic E-state index is 13.1. The number of esters is 1. The van der Waals surface area contributed by atoms with Crippen LogP contribution >= 0.6 is 11.6 Å². The molecule has 43 heavy (non-hydrogen) atoms. The summed E-state index contributed by atoms with van der Waals surface area (Å²) in [6.07, 6.45) is 0.369. The third-order valence-corrected chi connectivity index (χ3v) is 8.18. The number of nitrogens with one attached hydrogen (secondary N) is 1. The predicted molar refractivity (Wildman–Crippen MR) is 166 cm³/mol. The van der Waals surface area contributed by atoms with Crippen molar-refractivity contribution in [3.8, 4) is 33.7 Å². The summed E-state index contributed by atoms with van der Waals surface area (Å²) in [5.74, 6) is 0.218. The second-order valence-electron chi connectivity index (χ2n) is 10.5. The van der Waals surface area contributed by atoms with E-state index in [-0.39, 0.29) is 5.97 Å². The van der Waals surface area contributed by atoms with E-state index in [1.807, 2.05) is 97.1 Å². The number of ether oxygens (including phenoxy) is 2. The average molecular weight is 593 g/mol. The van der Waals surface area contributed by atoms with Crippen molar-refractivity contribution < 1.29 is 23.6 Å². The molecule has 8 heteroatoms. The number of aromatic nitrogens is 1. The molecule has 0 saturated heterocycles. The molecule has 1 atom stereocenters. The van der Waals surface area contributed by atoms with Crippen LogP contribution in [0.25, 0.3) is 33.7 Å². The van der Waals surface area contributed by atoms with Crippen molar-refractivity contribution in [2.24, 2.45) is 0 Å². The quantitative estimate of drug-likeness (QED) is 0.181. The van der Waals surface area contributed by atoms with Crippen molar-refractivity contribution in [3.05, 3.63) is 119 Å². The Morgan fingerprint density at radius 1 is 0.837 bits per heavy atom. The van der Waals surface area contributed by atoms with Crippen molar-refractivity contribution in [3.63, 3.8) is 0 Å². The van der Waals surface area contributed by atoms with Crippen LogP contribution in [0.4, 0.5) is 10.5 Å². The first kappa shape index (κ1) is 28.2. The first-order valence-corrected chi connectivity index (χ1v) is 14.3. The molecule has 7 nitrogen and oxygen atoms in total.